The number of carbonyl (C=O) groups is 2. The molecule has 2 heterocycles. The van der Waals surface area contributed by atoms with E-state index in [-0.39, 0.29) is 24.3 Å². The molecule has 6 heteroatoms. The lowest BCUT2D eigenvalue weighted by Gasteiger charge is -2.22. The van der Waals surface area contributed by atoms with Crippen LogP contribution in [0.1, 0.15) is 31.5 Å². The van der Waals surface area contributed by atoms with E-state index in [0.29, 0.717) is 5.69 Å². The van der Waals surface area contributed by atoms with Gasteiger partial charge in [0.15, 0.2) is 0 Å². The van der Waals surface area contributed by atoms with E-state index in [1.807, 2.05) is 19.1 Å². The maximum absolute atomic E-state index is 12.0. The molecule has 1 unspecified atom stereocenters. The van der Waals surface area contributed by atoms with Crippen molar-refractivity contribution in [2.24, 2.45) is 0 Å². The summed E-state index contributed by atoms with van der Waals surface area (Å²) in [5.41, 5.74) is 0.956. The topological polar surface area (TPSA) is 81.1 Å². The van der Waals surface area contributed by atoms with E-state index in [2.05, 4.69) is 17.0 Å². The van der Waals surface area contributed by atoms with Gasteiger partial charge in [0.1, 0.15) is 6.04 Å². The Morgan fingerprint density at radius 2 is 2.18 bits per heavy atom. The van der Waals surface area contributed by atoms with Gasteiger partial charge < -0.3 is 0 Å². The second kappa shape index (κ2) is 6.80. The van der Waals surface area contributed by atoms with Crippen LogP contribution in [0.3, 0.4) is 0 Å². The number of piperidine rings is 1. The van der Waals surface area contributed by atoms with Gasteiger partial charge in [0.25, 0.3) is 11.5 Å². The van der Waals surface area contributed by atoms with Gasteiger partial charge in [0.2, 0.25) is 5.91 Å². The van der Waals surface area contributed by atoms with Gasteiger partial charge >= 0.3 is 0 Å². The van der Waals surface area contributed by atoms with E-state index in [1.54, 1.807) is 18.2 Å². The number of carbonyl (C=O) groups excluding carboxylic acids is 2. The summed E-state index contributed by atoms with van der Waals surface area (Å²) in [5.74, 6) is -0.824. The number of nitrogens with zero attached hydrogens (tertiary/aromatic N) is 2. The monoisotopic (exact) mass is 299 g/mol. The molecule has 1 fully saturated rings. The Morgan fingerprint density at radius 3 is 2.82 bits per heavy atom. The quantitative estimate of drug-likeness (QED) is 0.672. The number of nitrogens with one attached hydrogen (secondary N) is 1. The van der Waals surface area contributed by atoms with Crippen LogP contribution in [0.15, 0.2) is 47.8 Å². The summed E-state index contributed by atoms with van der Waals surface area (Å²) in [6, 6.07) is 2.20. The zero-order chi connectivity index (χ0) is 16.1. The Kier molecular flexibility index (Phi) is 4.83. The highest BCUT2D eigenvalue weighted by Gasteiger charge is 2.29. The van der Waals surface area contributed by atoms with Crippen LogP contribution in [0, 0.1) is 0 Å². The average molecular weight is 299 g/mol. The molecule has 22 heavy (non-hydrogen) atoms. The summed E-state index contributed by atoms with van der Waals surface area (Å²) in [7, 11) is 0. The summed E-state index contributed by atoms with van der Waals surface area (Å²) >= 11 is 0. The minimum Gasteiger partial charge on any atom is -0.295 e. The maximum Gasteiger partial charge on any atom is 0.267 e. The average Bonchev–Trinajstić information content (AvgIpc) is 2.48. The summed E-state index contributed by atoms with van der Waals surface area (Å²) in [5, 5.41) is 6.51. The normalized spacial score (nSPS) is 19.3. The molecule has 0 radical (unpaired) electrons. The fourth-order valence-electron chi connectivity index (χ4n) is 2.25. The molecular formula is C16H17N3O3. The second-order valence-electron chi connectivity index (χ2n) is 4.83. The van der Waals surface area contributed by atoms with E-state index >= 15 is 0 Å². The SMILES string of the molecule is C=C/C=C(\C=C/C)c1ccc(=O)n(C2CCC(=O)NC2=O)n1. The number of hydrogen-bond donors (Lipinski definition) is 1. The van der Waals surface area contributed by atoms with Crippen molar-refractivity contribution < 1.29 is 9.59 Å². The van der Waals surface area contributed by atoms with E-state index in [1.165, 1.54) is 6.07 Å². The van der Waals surface area contributed by atoms with Gasteiger partial charge in [0.05, 0.1) is 5.69 Å². The molecule has 2 amide bonds. The van der Waals surface area contributed by atoms with Gasteiger partial charge in [-0.3, -0.25) is 19.7 Å². The highest BCUT2D eigenvalue weighted by atomic mass is 16.2. The zero-order valence-electron chi connectivity index (χ0n) is 12.3. The highest BCUT2D eigenvalue weighted by Crippen LogP contribution is 2.18. The van der Waals surface area contributed by atoms with Crippen LogP contribution in [0.2, 0.25) is 0 Å². The van der Waals surface area contributed by atoms with Crippen molar-refractivity contribution in [2.45, 2.75) is 25.8 Å². The van der Waals surface area contributed by atoms with Crippen LogP contribution in [0.25, 0.3) is 5.57 Å². The molecule has 0 bridgehead atoms. The van der Waals surface area contributed by atoms with Gasteiger partial charge in [-0.25, -0.2) is 4.68 Å². The second-order valence-corrected chi connectivity index (χ2v) is 4.83. The van der Waals surface area contributed by atoms with Crippen molar-refractivity contribution in [1.82, 2.24) is 15.1 Å². The molecule has 0 spiro atoms. The first-order chi connectivity index (χ1) is 10.6. The number of imide groups is 1. The van der Waals surface area contributed by atoms with Gasteiger partial charge in [-0.05, 0) is 19.4 Å². The first-order valence-corrected chi connectivity index (χ1v) is 6.96. The van der Waals surface area contributed by atoms with E-state index in [4.69, 9.17) is 0 Å². The molecule has 1 atom stereocenters. The Bertz CT molecular complexity index is 728. The smallest absolute Gasteiger partial charge is 0.267 e. The molecule has 0 saturated carbocycles. The van der Waals surface area contributed by atoms with Crippen molar-refractivity contribution in [1.29, 1.82) is 0 Å². The molecular weight excluding hydrogens is 282 g/mol. The predicted octanol–water partition coefficient (Wildman–Crippen LogP) is 1.37. The number of rotatable bonds is 4. The lowest BCUT2D eigenvalue weighted by atomic mass is 10.1. The van der Waals surface area contributed by atoms with Crippen molar-refractivity contribution >= 4 is 17.4 Å². The molecule has 0 aromatic carbocycles. The molecule has 1 saturated heterocycles. The number of hydrogen-bond acceptors (Lipinski definition) is 4. The van der Waals surface area contributed by atoms with Gasteiger partial charge in [0, 0.05) is 18.1 Å². The number of aromatic nitrogens is 2. The van der Waals surface area contributed by atoms with Crippen molar-refractivity contribution in [3.8, 4) is 0 Å². The zero-order valence-corrected chi connectivity index (χ0v) is 12.3. The van der Waals surface area contributed by atoms with Crippen molar-refractivity contribution in [2.75, 3.05) is 0 Å². The first kappa shape index (κ1) is 15.6. The van der Waals surface area contributed by atoms with E-state index in [9.17, 15) is 14.4 Å². The molecule has 1 N–H and O–H groups in total. The fourth-order valence-corrected chi connectivity index (χ4v) is 2.25. The third kappa shape index (κ3) is 3.28. The summed E-state index contributed by atoms with van der Waals surface area (Å²) < 4.78 is 1.14. The summed E-state index contributed by atoms with van der Waals surface area (Å²) in [6.45, 7) is 5.52. The molecule has 1 aliphatic rings. The molecule has 1 aromatic rings. The van der Waals surface area contributed by atoms with Crippen LogP contribution in [0.4, 0.5) is 0 Å². The standard InChI is InChI=1S/C16H17N3O3/c1-3-5-11(6-4-2)12-7-10-15(21)19(18-12)13-8-9-14(20)17-16(13)22/h3-7,10,13H,1,8-9H2,2H3,(H,17,20,22)/b6-4-,11-5+. The third-order valence-electron chi connectivity index (χ3n) is 3.27. The Balaban J connectivity index is 2.45. The Labute approximate surface area is 127 Å². The third-order valence-corrected chi connectivity index (χ3v) is 3.27. The van der Waals surface area contributed by atoms with Crippen molar-refractivity contribution in [3.05, 3.63) is 59.1 Å². The Hall–Kier alpha value is -2.76. The van der Waals surface area contributed by atoms with Crippen molar-refractivity contribution in [3.63, 3.8) is 0 Å². The Morgan fingerprint density at radius 1 is 1.41 bits per heavy atom. The highest BCUT2D eigenvalue weighted by molar-refractivity contribution is 5.99. The maximum atomic E-state index is 12.0. The molecule has 1 aliphatic heterocycles. The van der Waals surface area contributed by atoms with Crippen LogP contribution in [0.5, 0.6) is 0 Å². The molecule has 6 nitrogen and oxygen atoms in total. The molecule has 2 rings (SSSR count). The first-order valence-electron chi connectivity index (χ1n) is 6.96. The van der Waals surface area contributed by atoms with Crippen LogP contribution >= 0.6 is 0 Å². The molecule has 114 valence electrons. The van der Waals surface area contributed by atoms with Crippen LogP contribution in [-0.4, -0.2) is 21.6 Å². The fraction of sp³-hybridized carbons (Fsp3) is 0.250. The van der Waals surface area contributed by atoms with Crippen LogP contribution in [-0.2, 0) is 9.59 Å². The lowest BCUT2D eigenvalue weighted by molar-refractivity contribution is -0.136. The van der Waals surface area contributed by atoms with E-state index in [0.717, 1.165) is 10.3 Å². The lowest BCUT2D eigenvalue weighted by Crippen LogP contribution is -2.45. The van der Waals surface area contributed by atoms with Gasteiger partial charge in [-0.15, -0.1) is 0 Å². The molecule has 1 aromatic heterocycles. The van der Waals surface area contributed by atoms with Gasteiger partial charge in [-0.1, -0.05) is 30.9 Å². The summed E-state index contributed by atoms with van der Waals surface area (Å²) in [6.07, 6.45) is 7.53. The minimum absolute atomic E-state index is 0.193. The number of amides is 2. The van der Waals surface area contributed by atoms with Gasteiger partial charge in [-0.2, -0.15) is 5.10 Å². The largest absolute Gasteiger partial charge is 0.295 e. The number of allylic oxidation sites excluding steroid dienone is 5. The molecule has 0 aliphatic carbocycles. The van der Waals surface area contributed by atoms with Crippen LogP contribution < -0.4 is 10.9 Å². The summed E-state index contributed by atoms with van der Waals surface area (Å²) in [4.78, 5) is 35.1. The predicted molar refractivity (Wildman–Crippen MR) is 82.9 cm³/mol. The van der Waals surface area contributed by atoms with E-state index < -0.39 is 11.9 Å². The minimum atomic E-state index is -0.763.